The number of aryl methyl sites for hydroxylation is 1. The van der Waals surface area contributed by atoms with E-state index < -0.39 is 0 Å². The Bertz CT molecular complexity index is 711. The van der Waals surface area contributed by atoms with Crippen molar-refractivity contribution in [3.05, 3.63) is 51.9 Å². The van der Waals surface area contributed by atoms with Gasteiger partial charge in [-0.3, -0.25) is 9.69 Å². The third-order valence-corrected chi connectivity index (χ3v) is 4.45. The van der Waals surface area contributed by atoms with Crippen molar-refractivity contribution in [3.63, 3.8) is 0 Å². The molecule has 0 saturated carbocycles. The highest BCUT2D eigenvalue weighted by Gasteiger charge is 2.22. The first kappa shape index (κ1) is 17.0. The number of rotatable bonds is 5. The van der Waals surface area contributed by atoms with Crippen LogP contribution in [0.3, 0.4) is 0 Å². The number of halogens is 1. The number of morpholine rings is 1. The lowest BCUT2D eigenvalue weighted by atomic mass is 10.1. The molecular formula is C17H20ClN3O3. The molecule has 1 amide bonds. The van der Waals surface area contributed by atoms with E-state index in [1.807, 2.05) is 25.1 Å². The van der Waals surface area contributed by atoms with Crippen molar-refractivity contribution in [2.45, 2.75) is 20.0 Å². The molecule has 1 aliphatic heterocycles. The van der Waals surface area contributed by atoms with Gasteiger partial charge in [0.25, 0.3) is 5.91 Å². The average molecular weight is 350 g/mol. The molecular weight excluding hydrogens is 330 g/mol. The smallest absolute Gasteiger partial charge is 0.274 e. The molecule has 0 radical (unpaired) electrons. The lowest BCUT2D eigenvalue weighted by Crippen LogP contribution is -2.36. The number of amides is 1. The summed E-state index contributed by atoms with van der Waals surface area (Å²) in [6.45, 7) is 5.90. The van der Waals surface area contributed by atoms with Gasteiger partial charge < -0.3 is 14.6 Å². The monoisotopic (exact) mass is 349 g/mol. The molecule has 1 N–H and O–H groups in total. The molecule has 7 heteroatoms. The van der Waals surface area contributed by atoms with Gasteiger partial charge >= 0.3 is 0 Å². The summed E-state index contributed by atoms with van der Waals surface area (Å²) >= 11 is 6.11. The van der Waals surface area contributed by atoms with Crippen LogP contribution in [0.5, 0.6) is 0 Å². The molecule has 1 saturated heterocycles. The van der Waals surface area contributed by atoms with E-state index in [1.165, 1.54) is 0 Å². The van der Waals surface area contributed by atoms with Crippen LogP contribution >= 0.6 is 11.6 Å². The highest BCUT2D eigenvalue weighted by molar-refractivity contribution is 6.31. The summed E-state index contributed by atoms with van der Waals surface area (Å²) in [5.74, 6) is 0.416. The lowest BCUT2D eigenvalue weighted by molar-refractivity contribution is 0.0339. The summed E-state index contributed by atoms with van der Waals surface area (Å²) in [4.78, 5) is 14.7. The summed E-state index contributed by atoms with van der Waals surface area (Å²) in [6.07, 6.45) is 0. The fourth-order valence-electron chi connectivity index (χ4n) is 2.64. The minimum atomic E-state index is -0.255. The van der Waals surface area contributed by atoms with Gasteiger partial charge in [-0.05, 0) is 18.6 Å². The standard InChI is InChI=1S/C17H20ClN3O3/c1-12-14(11-21-6-8-23-9-7-21)16(20-24-12)17(22)19-10-13-4-2-3-5-15(13)18/h2-5H,6-11H2,1H3,(H,19,22). The largest absolute Gasteiger partial charge is 0.379 e. The van der Waals surface area contributed by atoms with Crippen molar-refractivity contribution in [1.82, 2.24) is 15.4 Å². The minimum absolute atomic E-state index is 0.255. The van der Waals surface area contributed by atoms with Crippen LogP contribution in [-0.2, 0) is 17.8 Å². The van der Waals surface area contributed by atoms with Gasteiger partial charge in [-0.25, -0.2) is 0 Å². The Morgan fingerprint density at radius 2 is 2.08 bits per heavy atom. The molecule has 0 aliphatic carbocycles. The number of carbonyl (C=O) groups excluding carboxylic acids is 1. The first-order valence-corrected chi connectivity index (χ1v) is 8.30. The van der Waals surface area contributed by atoms with Crippen LogP contribution in [0.2, 0.25) is 5.02 Å². The van der Waals surface area contributed by atoms with Gasteiger partial charge in [0.15, 0.2) is 5.69 Å². The summed E-state index contributed by atoms with van der Waals surface area (Å²) in [5.41, 5.74) is 2.03. The molecule has 3 rings (SSSR count). The van der Waals surface area contributed by atoms with Crippen LogP contribution in [-0.4, -0.2) is 42.3 Å². The quantitative estimate of drug-likeness (QED) is 0.897. The Labute approximate surface area is 145 Å². The molecule has 2 aromatic rings. The second-order valence-corrected chi connectivity index (χ2v) is 6.14. The number of hydrogen-bond donors (Lipinski definition) is 1. The third-order valence-electron chi connectivity index (χ3n) is 4.08. The number of ether oxygens (including phenoxy) is 1. The molecule has 1 aliphatic rings. The zero-order valence-electron chi connectivity index (χ0n) is 13.5. The zero-order chi connectivity index (χ0) is 16.9. The van der Waals surface area contributed by atoms with E-state index in [9.17, 15) is 4.79 Å². The maximum absolute atomic E-state index is 12.5. The number of nitrogens with one attached hydrogen (secondary N) is 1. The molecule has 2 heterocycles. The molecule has 0 bridgehead atoms. The molecule has 1 fully saturated rings. The highest BCUT2D eigenvalue weighted by atomic mass is 35.5. The average Bonchev–Trinajstić information content (AvgIpc) is 2.96. The van der Waals surface area contributed by atoms with E-state index in [1.54, 1.807) is 6.07 Å². The Balaban J connectivity index is 1.67. The van der Waals surface area contributed by atoms with Crippen molar-refractivity contribution in [1.29, 1.82) is 0 Å². The van der Waals surface area contributed by atoms with Crippen molar-refractivity contribution in [3.8, 4) is 0 Å². The zero-order valence-corrected chi connectivity index (χ0v) is 14.3. The van der Waals surface area contributed by atoms with Crippen LogP contribution < -0.4 is 5.32 Å². The molecule has 0 atom stereocenters. The maximum Gasteiger partial charge on any atom is 0.274 e. The van der Waals surface area contributed by atoms with Gasteiger partial charge in [0, 0.05) is 36.8 Å². The van der Waals surface area contributed by atoms with Gasteiger partial charge in [-0.2, -0.15) is 0 Å². The fraction of sp³-hybridized carbons (Fsp3) is 0.412. The van der Waals surface area contributed by atoms with Gasteiger partial charge in [0.05, 0.1) is 13.2 Å². The summed E-state index contributed by atoms with van der Waals surface area (Å²) in [7, 11) is 0. The van der Waals surface area contributed by atoms with E-state index in [2.05, 4.69) is 15.4 Å². The first-order valence-electron chi connectivity index (χ1n) is 7.92. The predicted octanol–water partition coefficient (Wildman–Crippen LogP) is 2.40. The molecule has 24 heavy (non-hydrogen) atoms. The van der Waals surface area contributed by atoms with Gasteiger partial charge in [-0.1, -0.05) is 35.0 Å². The second kappa shape index (κ2) is 7.79. The van der Waals surface area contributed by atoms with Crippen LogP contribution in [0.1, 0.15) is 27.4 Å². The van der Waals surface area contributed by atoms with Gasteiger partial charge in [-0.15, -0.1) is 0 Å². The van der Waals surface area contributed by atoms with Crippen molar-refractivity contribution < 1.29 is 14.1 Å². The van der Waals surface area contributed by atoms with Crippen molar-refractivity contribution in [2.24, 2.45) is 0 Å². The molecule has 0 unspecified atom stereocenters. The van der Waals surface area contributed by atoms with Crippen LogP contribution in [0.4, 0.5) is 0 Å². The fourth-order valence-corrected chi connectivity index (χ4v) is 2.84. The number of carbonyl (C=O) groups is 1. The Kier molecular flexibility index (Phi) is 5.50. The summed E-state index contributed by atoms with van der Waals surface area (Å²) in [6, 6.07) is 7.42. The van der Waals surface area contributed by atoms with E-state index in [-0.39, 0.29) is 5.91 Å². The lowest BCUT2D eigenvalue weighted by Gasteiger charge is -2.26. The normalized spacial score (nSPS) is 15.4. The Hall–Kier alpha value is -1.89. The van der Waals surface area contributed by atoms with Crippen molar-refractivity contribution >= 4 is 17.5 Å². The van der Waals surface area contributed by atoms with E-state index >= 15 is 0 Å². The Morgan fingerprint density at radius 3 is 2.83 bits per heavy atom. The SMILES string of the molecule is Cc1onc(C(=O)NCc2ccccc2Cl)c1CN1CCOCC1. The molecule has 128 valence electrons. The van der Waals surface area contributed by atoms with E-state index in [4.69, 9.17) is 20.9 Å². The van der Waals surface area contributed by atoms with E-state index in [0.29, 0.717) is 42.8 Å². The molecule has 1 aromatic heterocycles. The number of nitrogens with zero attached hydrogens (tertiary/aromatic N) is 2. The topological polar surface area (TPSA) is 67.6 Å². The highest BCUT2D eigenvalue weighted by Crippen LogP contribution is 2.18. The minimum Gasteiger partial charge on any atom is -0.379 e. The number of aromatic nitrogens is 1. The Morgan fingerprint density at radius 1 is 1.33 bits per heavy atom. The molecule has 6 nitrogen and oxygen atoms in total. The predicted molar refractivity (Wildman–Crippen MR) is 90.0 cm³/mol. The summed E-state index contributed by atoms with van der Waals surface area (Å²) < 4.78 is 10.6. The third kappa shape index (κ3) is 3.95. The number of benzene rings is 1. The van der Waals surface area contributed by atoms with Crippen LogP contribution in [0, 0.1) is 6.92 Å². The first-order chi connectivity index (χ1) is 11.6. The van der Waals surface area contributed by atoms with Crippen LogP contribution in [0.25, 0.3) is 0 Å². The maximum atomic E-state index is 12.5. The van der Waals surface area contributed by atoms with Gasteiger partial charge in [0.2, 0.25) is 0 Å². The van der Waals surface area contributed by atoms with Gasteiger partial charge in [0.1, 0.15) is 5.76 Å². The number of hydrogen-bond acceptors (Lipinski definition) is 5. The van der Waals surface area contributed by atoms with Crippen LogP contribution in [0.15, 0.2) is 28.8 Å². The summed E-state index contributed by atoms with van der Waals surface area (Å²) in [5, 5.41) is 7.42. The second-order valence-electron chi connectivity index (χ2n) is 5.73. The molecule has 1 aromatic carbocycles. The van der Waals surface area contributed by atoms with E-state index in [0.717, 1.165) is 24.2 Å². The van der Waals surface area contributed by atoms with Crippen molar-refractivity contribution in [2.75, 3.05) is 26.3 Å². The molecule has 0 spiro atoms.